The third-order valence-corrected chi connectivity index (χ3v) is 2.06. The molecule has 1 aromatic carbocycles. The highest BCUT2D eigenvalue weighted by molar-refractivity contribution is 5.23. The van der Waals surface area contributed by atoms with Gasteiger partial charge >= 0.3 is 0 Å². The van der Waals surface area contributed by atoms with Crippen molar-refractivity contribution < 1.29 is 18.3 Å². The number of rotatable bonds is 8. The molecule has 0 amide bonds. The van der Waals surface area contributed by atoms with E-state index in [0.717, 1.165) is 25.2 Å². The number of halogens is 2. The number of hydrogen-bond donors (Lipinski definition) is 1. The summed E-state index contributed by atoms with van der Waals surface area (Å²) < 4.78 is 35.8. The Morgan fingerprint density at radius 2 is 1.94 bits per heavy atom. The predicted octanol–water partition coefficient (Wildman–Crippen LogP) is 1.97. The Hall–Kier alpha value is -1.20. The number of benzene rings is 1. The van der Waals surface area contributed by atoms with Crippen molar-refractivity contribution >= 4 is 0 Å². The molecule has 1 aromatic rings. The van der Waals surface area contributed by atoms with Crippen LogP contribution in [-0.2, 0) is 4.74 Å². The second-order valence-corrected chi connectivity index (χ2v) is 3.39. The monoisotopic (exact) mass is 245 g/mol. The molecule has 0 aliphatic heterocycles. The summed E-state index contributed by atoms with van der Waals surface area (Å²) in [4.78, 5) is 0. The van der Waals surface area contributed by atoms with Crippen LogP contribution in [0.2, 0.25) is 0 Å². The van der Waals surface area contributed by atoms with Crippen molar-refractivity contribution in [1.29, 1.82) is 0 Å². The van der Waals surface area contributed by atoms with Gasteiger partial charge in [-0.25, -0.2) is 8.78 Å². The molecular weight excluding hydrogens is 228 g/mol. The van der Waals surface area contributed by atoms with Crippen LogP contribution < -0.4 is 10.1 Å². The van der Waals surface area contributed by atoms with E-state index in [4.69, 9.17) is 9.47 Å². The Labute approximate surface area is 99.7 Å². The molecule has 1 N–H and O–H groups in total. The molecule has 96 valence electrons. The lowest BCUT2D eigenvalue weighted by Crippen LogP contribution is -2.20. The predicted molar refractivity (Wildman–Crippen MR) is 61.2 cm³/mol. The van der Waals surface area contributed by atoms with Crippen molar-refractivity contribution in [2.75, 3.05) is 32.9 Å². The van der Waals surface area contributed by atoms with E-state index in [0.29, 0.717) is 25.6 Å². The molecule has 0 unspecified atom stereocenters. The third kappa shape index (κ3) is 5.60. The summed E-state index contributed by atoms with van der Waals surface area (Å²) in [5.74, 6) is -1.48. The molecular formula is C12H17F2NO2. The molecule has 0 saturated heterocycles. The van der Waals surface area contributed by atoms with Crippen LogP contribution in [0.1, 0.15) is 6.92 Å². The van der Waals surface area contributed by atoms with Gasteiger partial charge in [-0.2, -0.15) is 0 Å². The van der Waals surface area contributed by atoms with Crippen LogP contribution in [0.25, 0.3) is 0 Å². The molecule has 5 heteroatoms. The third-order valence-electron chi connectivity index (χ3n) is 2.06. The minimum Gasteiger partial charge on any atom is -0.491 e. The molecule has 3 nitrogen and oxygen atoms in total. The Morgan fingerprint density at radius 3 is 2.65 bits per heavy atom. The summed E-state index contributed by atoms with van der Waals surface area (Å²) in [6.45, 7) is 5.07. The normalized spacial score (nSPS) is 10.5. The summed E-state index contributed by atoms with van der Waals surface area (Å²) >= 11 is 0. The Bertz CT molecular complexity index is 334. The highest BCUT2D eigenvalue weighted by atomic mass is 19.2. The average Bonchev–Trinajstić information content (AvgIpc) is 2.32. The lowest BCUT2D eigenvalue weighted by Gasteiger charge is -2.07. The van der Waals surface area contributed by atoms with Crippen molar-refractivity contribution in [3.8, 4) is 5.75 Å². The maximum atomic E-state index is 12.8. The quantitative estimate of drug-likeness (QED) is 0.710. The Morgan fingerprint density at radius 1 is 1.12 bits per heavy atom. The van der Waals surface area contributed by atoms with Crippen LogP contribution in [0.5, 0.6) is 5.75 Å². The van der Waals surface area contributed by atoms with Crippen LogP contribution in [-0.4, -0.2) is 32.9 Å². The van der Waals surface area contributed by atoms with E-state index in [1.807, 2.05) is 6.92 Å². The van der Waals surface area contributed by atoms with Gasteiger partial charge in [0, 0.05) is 12.6 Å². The molecule has 0 aromatic heterocycles. The first-order valence-electron chi connectivity index (χ1n) is 5.60. The number of likely N-dealkylation sites (N-methyl/N-ethyl adjacent to an activating group) is 1. The zero-order valence-corrected chi connectivity index (χ0v) is 9.84. The van der Waals surface area contributed by atoms with Gasteiger partial charge < -0.3 is 14.8 Å². The Kier molecular flexibility index (Phi) is 6.50. The molecule has 1 rings (SSSR count). The van der Waals surface area contributed by atoms with Gasteiger partial charge in [-0.1, -0.05) is 6.92 Å². The van der Waals surface area contributed by atoms with Crippen molar-refractivity contribution in [2.24, 2.45) is 0 Å². The maximum Gasteiger partial charge on any atom is 0.162 e. The van der Waals surface area contributed by atoms with Gasteiger partial charge in [0.15, 0.2) is 11.6 Å². The molecule has 0 spiro atoms. The van der Waals surface area contributed by atoms with Gasteiger partial charge in [0.1, 0.15) is 12.4 Å². The first kappa shape index (κ1) is 13.9. The van der Waals surface area contributed by atoms with Crippen LogP contribution >= 0.6 is 0 Å². The smallest absolute Gasteiger partial charge is 0.162 e. The summed E-state index contributed by atoms with van der Waals surface area (Å²) in [6.07, 6.45) is 0. The summed E-state index contributed by atoms with van der Waals surface area (Å²) in [5.41, 5.74) is 0. The first-order chi connectivity index (χ1) is 8.24. The molecule has 17 heavy (non-hydrogen) atoms. The molecule has 0 heterocycles. The largest absolute Gasteiger partial charge is 0.491 e. The molecule has 0 atom stereocenters. The number of nitrogens with one attached hydrogen (secondary N) is 1. The molecule has 0 radical (unpaired) electrons. The zero-order chi connectivity index (χ0) is 12.5. The first-order valence-corrected chi connectivity index (χ1v) is 5.60. The van der Waals surface area contributed by atoms with Crippen molar-refractivity contribution in [3.63, 3.8) is 0 Å². The molecule has 0 saturated carbocycles. The zero-order valence-electron chi connectivity index (χ0n) is 9.84. The molecule has 0 aliphatic rings. The fourth-order valence-electron chi connectivity index (χ4n) is 1.21. The molecule has 0 aliphatic carbocycles. The van der Waals surface area contributed by atoms with E-state index in [-0.39, 0.29) is 0 Å². The van der Waals surface area contributed by atoms with Gasteiger partial charge in [-0.05, 0) is 18.7 Å². The van der Waals surface area contributed by atoms with Crippen LogP contribution in [0.15, 0.2) is 18.2 Å². The van der Waals surface area contributed by atoms with Crippen LogP contribution in [0, 0.1) is 11.6 Å². The standard InChI is InChI=1S/C12H17F2NO2/c1-2-15-5-6-16-7-8-17-10-3-4-11(13)12(14)9-10/h3-4,9,15H,2,5-8H2,1H3. The average molecular weight is 245 g/mol. The summed E-state index contributed by atoms with van der Waals surface area (Å²) in [6, 6.07) is 3.45. The van der Waals surface area contributed by atoms with Gasteiger partial charge in [0.25, 0.3) is 0 Å². The minimum atomic E-state index is -0.907. The molecule has 0 fully saturated rings. The second kappa shape index (κ2) is 7.97. The van der Waals surface area contributed by atoms with Crippen LogP contribution in [0.4, 0.5) is 8.78 Å². The van der Waals surface area contributed by atoms with Crippen molar-refractivity contribution in [2.45, 2.75) is 6.92 Å². The van der Waals surface area contributed by atoms with E-state index in [2.05, 4.69) is 5.32 Å². The minimum absolute atomic E-state index is 0.305. The number of hydrogen-bond acceptors (Lipinski definition) is 3. The fourth-order valence-corrected chi connectivity index (χ4v) is 1.21. The fraction of sp³-hybridized carbons (Fsp3) is 0.500. The van der Waals surface area contributed by atoms with E-state index in [1.54, 1.807) is 0 Å². The summed E-state index contributed by atoms with van der Waals surface area (Å²) in [5, 5.41) is 3.11. The van der Waals surface area contributed by atoms with Crippen LogP contribution in [0.3, 0.4) is 0 Å². The lowest BCUT2D eigenvalue weighted by atomic mass is 10.3. The van der Waals surface area contributed by atoms with Crippen molar-refractivity contribution in [3.05, 3.63) is 29.8 Å². The highest BCUT2D eigenvalue weighted by Crippen LogP contribution is 2.14. The van der Waals surface area contributed by atoms with Crippen molar-refractivity contribution in [1.82, 2.24) is 5.32 Å². The van der Waals surface area contributed by atoms with Gasteiger partial charge in [-0.15, -0.1) is 0 Å². The maximum absolute atomic E-state index is 12.8. The Balaban J connectivity index is 2.11. The van der Waals surface area contributed by atoms with Gasteiger partial charge in [0.05, 0.1) is 13.2 Å². The SMILES string of the molecule is CCNCCOCCOc1ccc(F)c(F)c1. The van der Waals surface area contributed by atoms with Gasteiger partial charge in [-0.3, -0.25) is 0 Å². The van der Waals surface area contributed by atoms with E-state index in [1.165, 1.54) is 6.07 Å². The van der Waals surface area contributed by atoms with E-state index >= 15 is 0 Å². The highest BCUT2D eigenvalue weighted by Gasteiger charge is 2.02. The lowest BCUT2D eigenvalue weighted by molar-refractivity contribution is 0.102. The number of ether oxygens (including phenoxy) is 2. The van der Waals surface area contributed by atoms with E-state index in [9.17, 15) is 8.78 Å². The topological polar surface area (TPSA) is 30.5 Å². The second-order valence-electron chi connectivity index (χ2n) is 3.39. The van der Waals surface area contributed by atoms with E-state index < -0.39 is 11.6 Å². The summed E-state index contributed by atoms with van der Waals surface area (Å²) in [7, 11) is 0. The molecule has 0 bridgehead atoms. The van der Waals surface area contributed by atoms with Gasteiger partial charge in [0.2, 0.25) is 0 Å².